The van der Waals surface area contributed by atoms with Gasteiger partial charge in [0.1, 0.15) is 24.9 Å². The monoisotopic (exact) mass is 1030 g/mol. The molecule has 3 aromatic rings. The Morgan fingerprint density at radius 2 is 1.41 bits per heavy atom. The van der Waals surface area contributed by atoms with E-state index in [0.717, 1.165) is 43.2 Å². The van der Waals surface area contributed by atoms with E-state index >= 15 is 0 Å². The van der Waals surface area contributed by atoms with Crippen molar-refractivity contribution in [3.8, 4) is 0 Å². The number of rotatable bonds is 21. The molecule has 3 aromatic carbocycles. The summed E-state index contributed by atoms with van der Waals surface area (Å²) in [6.45, 7) is 1.01. The molecule has 2 N–H and O–H groups in total. The lowest BCUT2D eigenvalue weighted by Gasteiger charge is -2.45. The first-order valence-corrected chi connectivity index (χ1v) is 24.3. The standard InChI is InChI=1S/C43H51Cl6N2O12P/c1-2-3-4-5-12-21-33(56-24-30-17-10-7-11-18-30)22-35(52)61-38-36(51-41(53)57-28-42(44,45)46)39(62-40(50)43(47,48)49)60-34(27-55-23-29-15-8-6-9-16-29)37(38)63-64(54)58-25-31-19-13-14-20-32(31)26-59-64/h6-11,13-20,33-34,36-39,50H,2-5,12,21-28H2,1H3,(H,51,53)/t33-,34-,36-,37-,38-,39?/m1/s1. The Balaban J connectivity index is 1.52. The molecule has 2 heterocycles. The summed E-state index contributed by atoms with van der Waals surface area (Å²) in [6, 6.07) is 24.1. The average molecular weight is 1030 g/mol. The minimum absolute atomic E-state index is 0.0665. The molecule has 0 radical (unpaired) electrons. The number of unbranched alkanes of at least 4 members (excludes halogenated alkanes) is 4. The maximum Gasteiger partial charge on any atom is 0.475 e. The number of hydrogen-bond acceptors (Lipinski definition) is 13. The molecule has 21 heteroatoms. The summed E-state index contributed by atoms with van der Waals surface area (Å²) >= 11 is 35.8. The molecule has 1 unspecified atom stereocenters. The fraction of sp³-hybridized carbons (Fsp3) is 0.512. The highest BCUT2D eigenvalue weighted by Gasteiger charge is 2.55. The van der Waals surface area contributed by atoms with Crippen molar-refractivity contribution in [1.82, 2.24) is 5.32 Å². The first kappa shape index (κ1) is 52.6. The molecule has 1 fully saturated rings. The molecule has 5 rings (SSSR count). The molecule has 2 aliphatic rings. The van der Waals surface area contributed by atoms with Crippen LogP contribution in [0.5, 0.6) is 0 Å². The van der Waals surface area contributed by atoms with Crippen LogP contribution in [0, 0.1) is 5.41 Å². The molecule has 2 aliphatic heterocycles. The van der Waals surface area contributed by atoms with E-state index in [1.54, 1.807) is 24.3 Å². The van der Waals surface area contributed by atoms with Crippen molar-refractivity contribution in [1.29, 1.82) is 5.41 Å². The van der Waals surface area contributed by atoms with Crippen LogP contribution in [-0.4, -0.2) is 75.5 Å². The molecular weight excluding hydrogens is 980 g/mol. The molecule has 0 spiro atoms. The largest absolute Gasteiger partial charge is 0.475 e. The van der Waals surface area contributed by atoms with Gasteiger partial charge in [0.05, 0.1) is 45.6 Å². The quantitative estimate of drug-likeness (QED) is 0.0259. The number of alkyl carbamates (subject to hydrolysis) is 1. The van der Waals surface area contributed by atoms with E-state index in [2.05, 4.69) is 12.2 Å². The molecule has 64 heavy (non-hydrogen) atoms. The van der Waals surface area contributed by atoms with E-state index in [0.29, 0.717) is 17.5 Å². The molecule has 0 aliphatic carbocycles. The Kier molecular flexibility index (Phi) is 21.1. The van der Waals surface area contributed by atoms with Gasteiger partial charge in [0, 0.05) is 0 Å². The number of nitrogens with one attached hydrogen (secondary N) is 2. The zero-order valence-corrected chi connectivity index (χ0v) is 40.3. The maximum atomic E-state index is 14.6. The van der Waals surface area contributed by atoms with Crippen molar-refractivity contribution < 1.29 is 56.1 Å². The van der Waals surface area contributed by atoms with Crippen LogP contribution in [0.1, 0.15) is 74.1 Å². The van der Waals surface area contributed by atoms with Gasteiger partial charge < -0.3 is 33.7 Å². The Morgan fingerprint density at radius 3 is 2.00 bits per heavy atom. The first-order valence-electron chi connectivity index (χ1n) is 20.6. The highest BCUT2D eigenvalue weighted by Crippen LogP contribution is 2.55. The number of alkyl halides is 6. The normalized spacial score (nSPS) is 21.5. The van der Waals surface area contributed by atoms with E-state index in [4.69, 9.17) is 117 Å². The molecule has 0 saturated carbocycles. The Morgan fingerprint density at radius 1 is 0.812 bits per heavy atom. The Labute approximate surface area is 403 Å². The highest BCUT2D eigenvalue weighted by atomic mass is 35.6. The van der Waals surface area contributed by atoms with Gasteiger partial charge in [-0.3, -0.25) is 23.8 Å². The molecule has 14 nitrogen and oxygen atoms in total. The van der Waals surface area contributed by atoms with Gasteiger partial charge in [-0.2, -0.15) is 0 Å². The zero-order valence-electron chi connectivity index (χ0n) is 34.9. The van der Waals surface area contributed by atoms with Crippen molar-refractivity contribution in [3.05, 3.63) is 107 Å². The van der Waals surface area contributed by atoms with Gasteiger partial charge in [0.15, 0.2) is 6.10 Å². The average Bonchev–Trinajstić information content (AvgIpc) is 3.42. The van der Waals surface area contributed by atoms with Crippen LogP contribution < -0.4 is 5.32 Å². The predicted molar refractivity (Wildman–Crippen MR) is 244 cm³/mol. The van der Waals surface area contributed by atoms with Crippen LogP contribution >= 0.6 is 77.4 Å². The summed E-state index contributed by atoms with van der Waals surface area (Å²) in [5, 5.41) is 11.0. The number of amides is 1. The van der Waals surface area contributed by atoms with Crippen LogP contribution in [0.2, 0.25) is 0 Å². The van der Waals surface area contributed by atoms with Crippen molar-refractivity contribution in [2.24, 2.45) is 0 Å². The van der Waals surface area contributed by atoms with E-state index in [-0.39, 0.29) is 39.5 Å². The van der Waals surface area contributed by atoms with E-state index in [1.165, 1.54) is 0 Å². The third kappa shape index (κ3) is 17.7. The number of ether oxygens (including phenoxy) is 6. The van der Waals surface area contributed by atoms with Crippen molar-refractivity contribution in [3.63, 3.8) is 0 Å². The fourth-order valence-electron chi connectivity index (χ4n) is 6.71. The third-order valence-electron chi connectivity index (χ3n) is 9.93. The summed E-state index contributed by atoms with van der Waals surface area (Å²) in [7, 11) is -4.58. The summed E-state index contributed by atoms with van der Waals surface area (Å²) in [6.07, 6.45) is -3.23. The van der Waals surface area contributed by atoms with Gasteiger partial charge in [-0.05, 0) is 28.7 Å². The van der Waals surface area contributed by atoms with Gasteiger partial charge in [-0.1, -0.05) is 194 Å². The molecule has 0 bridgehead atoms. The van der Waals surface area contributed by atoms with Crippen molar-refractivity contribution in [2.45, 2.75) is 123 Å². The predicted octanol–water partition coefficient (Wildman–Crippen LogP) is 11.2. The second kappa shape index (κ2) is 25.7. The lowest BCUT2D eigenvalue weighted by Crippen LogP contribution is -2.67. The Hall–Kier alpha value is -2.40. The van der Waals surface area contributed by atoms with Gasteiger partial charge in [-0.25, -0.2) is 9.36 Å². The van der Waals surface area contributed by atoms with Crippen LogP contribution in [0.25, 0.3) is 0 Å². The van der Waals surface area contributed by atoms with E-state index in [9.17, 15) is 14.2 Å². The maximum absolute atomic E-state index is 14.6. The number of fused-ring (bicyclic) bond motifs is 1. The number of phosphoric acid groups is 1. The van der Waals surface area contributed by atoms with Gasteiger partial charge >= 0.3 is 19.9 Å². The lowest BCUT2D eigenvalue weighted by molar-refractivity contribution is -0.255. The van der Waals surface area contributed by atoms with Crippen LogP contribution in [0.3, 0.4) is 0 Å². The van der Waals surface area contributed by atoms with Crippen LogP contribution in [0.4, 0.5) is 4.79 Å². The molecule has 6 atom stereocenters. The number of halogens is 6. The number of esters is 1. The van der Waals surface area contributed by atoms with E-state index < -0.39 is 76.7 Å². The summed E-state index contributed by atoms with van der Waals surface area (Å²) in [5.74, 6) is -1.75. The van der Waals surface area contributed by atoms with Crippen molar-refractivity contribution in [2.75, 3.05) is 13.2 Å². The summed E-state index contributed by atoms with van der Waals surface area (Å²) in [5.41, 5.74) is 3.08. The number of carbonyl (C=O) groups excluding carboxylic acids is 2. The Bertz CT molecular complexity index is 1950. The summed E-state index contributed by atoms with van der Waals surface area (Å²) in [4.78, 5) is 27.8. The lowest BCUT2D eigenvalue weighted by atomic mass is 9.96. The highest BCUT2D eigenvalue weighted by molar-refractivity contribution is 7.48. The zero-order chi connectivity index (χ0) is 46.2. The van der Waals surface area contributed by atoms with Gasteiger partial charge in [-0.15, -0.1) is 0 Å². The number of hydrogen-bond donors (Lipinski definition) is 2. The van der Waals surface area contributed by atoms with Gasteiger partial charge in [0.25, 0.3) is 3.79 Å². The first-order chi connectivity index (χ1) is 30.5. The number of carbonyl (C=O) groups is 2. The number of benzene rings is 3. The fourth-order valence-corrected chi connectivity index (χ4v) is 8.35. The number of phosphoric ester groups is 1. The smallest absolute Gasteiger partial charge is 0.457 e. The third-order valence-corrected chi connectivity index (χ3v) is 12.2. The second-order valence-corrected chi connectivity index (χ2v) is 21.4. The minimum atomic E-state index is -4.58. The molecule has 1 saturated heterocycles. The topological polar surface area (TPSA) is 170 Å². The molecule has 1 amide bonds. The SMILES string of the molecule is CCCCCCC[C@H](CC(=O)O[C@H]1[C@H](OP2(=O)OCc3ccccc3CO2)[C@@H](COCc2ccccc2)OC(OC(=N)C(Cl)(Cl)Cl)[C@@H]1NC(=O)OCC(Cl)(Cl)Cl)OCc1ccccc1. The van der Waals surface area contributed by atoms with E-state index in [1.807, 2.05) is 60.7 Å². The summed E-state index contributed by atoms with van der Waals surface area (Å²) < 4.78 is 63.9. The molecular formula is C43H51Cl6N2O12P. The van der Waals surface area contributed by atoms with Crippen molar-refractivity contribution >= 4 is 95.4 Å². The second-order valence-electron chi connectivity index (χ2n) is 15.0. The van der Waals surface area contributed by atoms with Crippen LogP contribution in [-0.2, 0) is 77.8 Å². The van der Waals surface area contributed by atoms with Gasteiger partial charge in [0.2, 0.25) is 16.0 Å². The molecule has 352 valence electrons. The molecule has 0 aromatic heterocycles. The van der Waals surface area contributed by atoms with Crippen LogP contribution in [0.15, 0.2) is 84.9 Å². The minimum Gasteiger partial charge on any atom is -0.457 e.